The number of nitrogens with one attached hydrogen (secondary N) is 1. The highest BCUT2D eigenvalue weighted by molar-refractivity contribution is 9.10. The Morgan fingerprint density at radius 3 is 2.02 bits per heavy atom. The van der Waals surface area contributed by atoms with E-state index >= 15 is 0 Å². The number of carbonyl (C=O) groups excluding carboxylic acids is 1. The number of hydrogen-bond donors (Lipinski definition) is 1. The number of benzene rings is 3. The van der Waals surface area contributed by atoms with Gasteiger partial charge in [-0.05, 0) is 88.9 Å². The third-order valence-corrected chi connectivity index (χ3v) is 6.77. The number of carbonyl (C=O) groups is 1. The molecule has 12 nitrogen and oxygen atoms in total. The minimum atomic E-state index is -1.03. The van der Waals surface area contributed by atoms with Gasteiger partial charge in [-0.1, -0.05) is 0 Å². The van der Waals surface area contributed by atoms with Crippen molar-refractivity contribution < 1.29 is 33.2 Å². The van der Waals surface area contributed by atoms with Crippen LogP contribution >= 0.6 is 15.9 Å². The van der Waals surface area contributed by atoms with Crippen molar-refractivity contribution in [1.82, 2.24) is 14.8 Å². The van der Waals surface area contributed by atoms with Crippen molar-refractivity contribution in [2.24, 2.45) is 0 Å². The second kappa shape index (κ2) is 12.8. The first-order valence-electron chi connectivity index (χ1n) is 12.4. The monoisotopic (exact) mass is 641 g/mol. The molecule has 0 aliphatic heterocycles. The Morgan fingerprint density at radius 2 is 1.48 bits per heavy atom. The molecule has 13 heteroatoms. The SMILES string of the molecule is COc1ccc(Oc2c(C)cc(-n3nc(C(=O)OCc4cc(OC)c(OC)c(OC)c4)c(=O)[nH]c3=O)cc2C)cc1Br. The number of esters is 1. The summed E-state index contributed by atoms with van der Waals surface area (Å²) in [6.45, 7) is 3.36. The summed E-state index contributed by atoms with van der Waals surface area (Å²) >= 11 is 3.44. The number of H-pyrrole nitrogens is 1. The van der Waals surface area contributed by atoms with Crippen LogP contribution in [0.25, 0.3) is 5.69 Å². The molecule has 0 unspecified atom stereocenters. The van der Waals surface area contributed by atoms with Crippen LogP contribution in [0.4, 0.5) is 0 Å². The number of nitrogens with zero attached hydrogens (tertiary/aromatic N) is 2. The summed E-state index contributed by atoms with van der Waals surface area (Å²) in [6.07, 6.45) is 0. The first-order valence-corrected chi connectivity index (χ1v) is 13.2. The van der Waals surface area contributed by atoms with Gasteiger partial charge in [0.25, 0.3) is 5.56 Å². The summed E-state index contributed by atoms with van der Waals surface area (Å²) in [5.74, 6) is 1.87. The Bertz CT molecular complexity index is 1720. The van der Waals surface area contributed by atoms with Crippen LogP contribution < -0.4 is 34.9 Å². The standard InChI is InChI=1S/C29H28BrN3O9/c1-15-9-18(10-16(2)25(15)42-19-7-8-21(37-3)20(30)13-19)33-29(36)31-27(34)24(32-33)28(35)41-14-17-11-22(38-4)26(40-6)23(12-17)39-5/h7-13H,14H2,1-6H3,(H,31,34,36). The molecule has 0 atom stereocenters. The van der Waals surface area contributed by atoms with Crippen LogP contribution in [-0.4, -0.2) is 49.2 Å². The highest BCUT2D eigenvalue weighted by Gasteiger charge is 2.20. The van der Waals surface area contributed by atoms with Crippen molar-refractivity contribution in [2.75, 3.05) is 28.4 Å². The number of hydrogen-bond acceptors (Lipinski definition) is 10. The van der Waals surface area contributed by atoms with Crippen molar-refractivity contribution in [2.45, 2.75) is 20.5 Å². The molecule has 0 bridgehead atoms. The van der Waals surface area contributed by atoms with E-state index in [1.54, 1.807) is 63.4 Å². The van der Waals surface area contributed by atoms with Gasteiger partial charge >= 0.3 is 11.7 Å². The molecule has 0 fully saturated rings. The van der Waals surface area contributed by atoms with E-state index in [0.717, 1.165) is 9.15 Å². The maximum Gasteiger partial charge on any atom is 0.364 e. The quantitative estimate of drug-likeness (QED) is 0.246. The van der Waals surface area contributed by atoms with E-state index in [-0.39, 0.29) is 6.61 Å². The Morgan fingerprint density at radius 1 is 0.857 bits per heavy atom. The van der Waals surface area contributed by atoms with Gasteiger partial charge in [0.15, 0.2) is 11.5 Å². The number of ether oxygens (including phenoxy) is 6. The second-order valence-corrected chi connectivity index (χ2v) is 9.79. The number of rotatable bonds is 10. The van der Waals surface area contributed by atoms with Gasteiger partial charge in [0, 0.05) is 0 Å². The first kappa shape index (κ1) is 30.2. The first-order chi connectivity index (χ1) is 20.1. The van der Waals surface area contributed by atoms with Gasteiger partial charge < -0.3 is 28.4 Å². The smallest absolute Gasteiger partial charge is 0.364 e. The summed E-state index contributed by atoms with van der Waals surface area (Å²) in [4.78, 5) is 40.2. The molecule has 42 heavy (non-hydrogen) atoms. The van der Waals surface area contributed by atoms with Crippen LogP contribution in [0.5, 0.6) is 34.5 Å². The maximum atomic E-state index is 12.9. The molecule has 0 aliphatic carbocycles. The molecule has 0 amide bonds. The Kier molecular flexibility index (Phi) is 9.21. The highest BCUT2D eigenvalue weighted by Crippen LogP contribution is 2.38. The zero-order valence-corrected chi connectivity index (χ0v) is 25.3. The van der Waals surface area contributed by atoms with E-state index in [4.69, 9.17) is 28.4 Å². The fourth-order valence-corrected chi connectivity index (χ4v) is 4.70. The van der Waals surface area contributed by atoms with E-state index in [2.05, 4.69) is 26.0 Å². The molecule has 220 valence electrons. The second-order valence-electron chi connectivity index (χ2n) is 8.94. The average molecular weight is 642 g/mol. The zero-order chi connectivity index (χ0) is 30.6. The van der Waals surface area contributed by atoms with E-state index in [1.165, 1.54) is 21.3 Å². The van der Waals surface area contributed by atoms with Gasteiger partial charge in [-0.2, -0.15) is 9.78 Å². The number of methoxy groups -OCH3 is 4. The fourth-order valence-electron chi connectivity index (χ4n) is 4.18. The third-order valence-electron chi connectivity index (χ3n) is 6.15. The summed E-state index contributed by atoms with van der Waals surface area (Å²) in [6, 6.07) is 11.8. The van der Waals surface area contributed by atoms with Gasteiger partial charge in [0.2, 0.25) is 11.4 Å². The van der Waals surface area contributed by atoms with Crippen LogP contribution in [0.1, 0.15) is 27.2 Å². The summed E-state index contributed by atoms with van der Waals surface area (Å²) < 4.78 is 34.3. The van der Waals surface area contributed by atoms with Gasteiger partial charge in [-0.15, -0.1) is 0 Å². The minimum Gasteiger partial charge on any atom is -0.496 e. The molecular weight excluding hydrogens is 614 g/mol. The Hall–Kier alpha value is -4.78. The van der Waals surface area contributed by atoms with E-state index in [1.807, 2.05) is 0 Å². The molecule has 0 spiro atoms. The van der Waals surface area contributed by atoms with Gasteiger partial charge in [0.1, 0.15) is 23.9 Å². The molecule has 0 saturated heterocycles. The van der Waals surface area contributed by atoms with Crippen LogP contribution in [0.2, 0.25) is 0 Å². The molecule has 4 rings (SSSR count). The van der Waals surface area contributed by atoms with Crippen molar-refractivity contribution in [3.63, 3.8) is 0 Å². The largest absolute Gasteiger partial charge is 0.496 e. The van der Waals surface area contributed by atoms with E-state index in [0.29, 0.717) is 56.9 Å². The molecular formula is C29H28BrN3O9. The van der Waals surface area contributed by atoms with Crippen LogP contribution in [0.3, 0.4) is 0 Å². The van der Waals surface area contributed by atoms with E-state index in [9.17, 15) is 14.4 Å². The van der Waals surface area contributed by atoms with Crippen LogP contribution in [0.15, 0.2) is 56.5 Å². The molecule has 1 N–H and O–H groups in total. The predicted octanol–water partition coefficient (Wildman–Crippen LogP) is 4.48. The Balaban J connectivity index is 1.60. The Labute approximate surface area is 248 Å². The summed E-state index contributed by atoms with van der Waals surface area (Å²) in [5.41, 5.74) is -0.216. The number of aryl methyl sites for hydroxylation is 2. The zero-order valence-electron chi connectivity index (χ0n) is 23.7. The molecule has 0 aliphatic rings. The number of aromatic nitrogens is 3. The van der Waals surface area contributed by atoms with Gasteiger partial charge in [-0.3, -0.25) is 9.78 Å². The van der Waals surface area contributed by atoms with Crippen molar-refractivity contribution in [3.8, 4) is 40.2 Å². The lowest BCUT2D eigenvalue weighted by atomic mass is 10.1. The lowest BCUT2D eigenvalue weighted by molar-refractivity contribution is 0.0460. The molecule has 1 aromatic heterocycles. The normalized spacial score (nSPS) is 10.6. The molecule has 1 heterocycles. The number of aromatic amines is 1. The lowest BCUT2D eigenvalue weighted by Gasteiger charge is -2.15. The van der Waals surface area contributed by atoms with Crippen LogP contribution in [-0.2, 0) is 11.3 Å². The third kappa shape index (κ3) is 6.25. The van der Waals surface area contributed by atoms with Gasteiger partial charge in [0.05, 0.1) is 38.6 Å². The van der Waals surface area contributed by atoms with Crippen molar-refractivity contribution >= 4 is 21.9 Å². The molecule has 3 aromatic carbocycles. The summed E-state index contributed by atoms with van der Waals surface area (Å²) in [7, 11) is 5.96. The topological polar surface area (TPSA) is 140 Å². The highest BCUT2D eigenvalue weighted by atomic mass is 79.9. The average Bonchev–Trinajstić information content (AvgIpc) is 2.97. The fraction of sp³-hybridized carbons (Fsp3) is 0.241. The molecule has 0 radical (unpaired) electrons. The maximum absolute atomic E-state index is 12.9. The van der Waals surface area contributed by atoms with Crippen molar-refractivity contribution in [1.29, 1.82) is 0 Å². The predicted molar refractivity (Wildman–Crippen MR) is 156 cm³/mol. The van der Waals surface area contributed by atoms with Crippen molar-refractivity contribution in [3.05, 3.63) is 90.2 Å². The molecule has 0 saturated carbocycles. The lowest BCUT2D eigenvalue weighted by Crippen LogP contribution is -2.36. The van der Waals surface area contributed by atoms with Crippen LogP contribution in [0, 0.1) is 13.8 Å². The molecule has 4 aromatic rings. The van der Waals surface area contributed by atoms with Gasteiger partial charge in [-0.25, -0.2) is 9.59 Å². The minimum absolute atomic E-state index is 0.235. The van der Waals surface area contributed by atoms with E-state index < -0.39 is 22.9 Å². The number of halogens is 1. The summed E-state index contributed by atoms with van der Waals surface area (Å²) in [5, 5.41) is 4.03.